The molecule has 0 radical (unpaired) electrons. The van der Waals surface area contributed by atoms with Gasteiger partial charge in [-0.1, -0.05) is 6.92 Å². The maximum Gasteiger partial charge on any atom is 0.220 e. The van der Waals surface area contributed by atoms with Crippen molar-refractivity contribution in [2.75, 3.05) is 12.5 Å². The van der Waals surface area contributed by atoms with Crippen LogP contribution in [0.5, 0.6) is 0 Å². The van der Waals surface area contributed by atoms with Crippen molar-refractivity contribution in [3.8, 4) is 0 Å². The van der Waals surface area contributed by atoms with Gasteiger partial charge in [-0.05, 0) is 12.8 Å². The Hall–Kier alpha value is -0.280. The van der Waals surface area contributed by atoms with E-state index in [0.29, 0.717) is 18.7 Å². The Balaban J connectivity index is 3.52. The SMILES string of the molecule is CC[C@H](CO)NC(=O)CCCCl. The fourth-order valence-electron chi connectivity index (χ4n) is 0.804. The van der Waals surface area contributed by atoms with Crippen LogP contribution in [0.4, 0.5) is 0 Å². The molecule has 0 unspecified atom stereocenters. The molecule has 0 bridgehead atoms. The van der Waals surface area contributed by atoms with Gasteiger partial charge in [0.05, 0.1) is 12.6 Å². The number of carbonyl (C=O) groups is 1. The van der Waals surface area contributed by atoms with Crippen molar-refractivity contribution < 1.29 is 9.90 Å². The van der Waals surface area contributed by atoms with Gasteiger partial charge in [-0.25, -0.2) is 0 Å². The van der Waals surface area contributed by atoms with Crippen molar-refractivity contribution in [1.29, 1.82) is 0 Å². The molecule has 0 saturated heterocycles. The Morgan fingerprint density at radius 1 is 1.67 bits per heavy atom. The molecule has 3 nitrogen and oxygen atoms in total. The van der Waals surface area contributed by atoms with Crippen LogP contribution in [0.1, 0.15) is 26.2 Å². The summed E-state index contributed by atoms with van der Waals surface area (Å²) in [6.45, 7) is 1.92. The van der Waals surface area contributed by atoms with Gasteiger partial charge >= 0.3 is 0 Å². The standard InChI is InChI=1S/C8H16ClNO2/c1-2-7(6-11)10-8(12)4-3-5-9/h7,11H,2-6H2,1H3,(H,10,12)/t7-/m1/s1. The number of halogens is 1. The molecule has 0 spiro atoms. The fourth-order valence-corrected chi connectivity index (χ4v) is 0.938. The average Bonchev–Trinajstić information content (AvgIpc) is 2.10. The molecule has 12 heavy (non-hydrogen) atoms. The number of hydrogen-bond donors (Lipinski definition) is 2. The lowest BCUT2D eigenvalue weighted by molar-refractivity contribution is -0.122. The number of aliphatic hydroxyl groups excluding tert-OH is 1. The fraction of sp³-hybridized carbons (Fsp3) is 0.875. The third-order valence-electron chi connectivity index (χ3n) is 1.62. The molecule has 0 aliphatic carbocycles. The smallest absolute Gasteiger partial charge is 0.220 e. The second-order valence-electron chi connectivity index (χ2n) is 2.65. The van der Waals surface area contributed by atoms with E-state index in [0.717, 1.165) is 6.42 Å². The number of alkyl halides is 1. The first kappa shape index (κ1) is 11.7. The topological polar surface area (TPSA) is 49.3 Å². The zero-order valence-electron chi connectivity index (χ0n) is 7.35. The van der Waals surface area contributed by atoms with Crippen molar-refractivity contribution >= 4 is 17.5 Å². The van der Waals surface area contributed by atoms with Crippen LogP contribution in [0.3, 0.4) is 0 Å². The largest absolute Gasteiger partial charge is 0.394 e. The molecule has 0 aromatic rings. The predicted octanol–water partition coefficient (Wildman–Crippen LogP) is 0.892. The van der Waals surface area contributed by atoms with E-state index in [9.17, 15) is 4.79 Å². The van der Waals surface area contributed by atoms with Gasteiger partial charge in [0, 0.05) is 12.3 Å². The van der Waals surface area contributed by atoms with Crippen molar-refractivity contribution in [1.82, 2.24) is 5.32 Å². The molecule has 0 aromatic heterocycles. The molecule has 4 heteroatoms. The first-order valence-electron chi connectivity index (χ1n) is 4.20. The van der Waals surface area contributed by atoms with E-state index in [1.165, 1.54) is 0 Å². The number of amides is 1. The summed E-state index contributed by atoms with van der Waals surface area (Å²) in [7, 11) is 0. The molecule has 0 aliphatic heterocycles. The third kappa shape index (κ3) is 5.38. The average molecular weight is 194 g/mol. The van der Waals surface area contributed by atoms with Gasteiger partial charge in [0.25, 0.3) is 0 Å². The van der Waals surface area contributed by atoms with Crippen LogP contribution >= 0.6 is 11.6 Å². The molecule has 0 aromatic carbocycles. The van der Waals surface area contributed by atoms with E-state index in [1.807, 2.05) is 6.92 Å². The zero-order chi connectivity index (χ0) is 9.40. The van der Waals surface area contributed by atoms with Gasteiger partial charge in [0.2, 0.25) is 5.91 Å². The molecule has 2 N–H and O–H groups in total. The maximum atomic E-state index is 11.0. The number of rotatable bonds is 6. The molecule has 1 amide bonds. The molecular formula is C8H16ClNO2. The summed E-state index contributed by atoms with van der Waals surface area (Å²) in [6, 6.07) is -0.104. The van der Waals surface area contributed by atoms with E-state index in [-0.39, 0.29) is 18.6 Å². The molecule has 72 valence electrons. The monoisotopic (exact) mass is 193 g/mol. The molecule has 0 fully saturated rings. The van der Waals surface area contributed by atoms with Gasteiger partial charge in [0.15, 0.2) is 0 Å². The third-order valence-corrected chi connectivity index (χ3v) is 1.88. The Bertz CT molecular complexity index is 126. The Morgan fingerprint density at radius 3 is 2.75 bits per heavy atom. The van der Waals surface area contributed by atoms with Crippen LogP contribution in [0.2, 0.25) is 0 Å². The van der Waals surface area contributed by atoms with E-state index in [2.05, 4.69) is 5.32 Å². The summed E-state index contributed by atoms with van der Waals surface area (Å²) in [5, 5.41) is 11.5. The highest BCUT2D eigenvalue weighted by Gasteiger charge is 2.07. The van der Waals surface area contributed by atoms with Crippen molar-refractivity contribution in [2.24, 2.45) is 0 Å². The zero-order valence-corrected chi connectivity index (χ0v) is 8.10. The van der Waals surface area contributed by atoms with E-state index in [4.69, 9.17) is 16.7 Å². The number of aliphatic hydroxyl groups is 1. The first-order chi connectivity index (χ1) is 5.74. The summed E-state index contributed by atoms with van der Waals surface area (Å²) in [5.74, 6) is 0.472. The van der Waals surface area contributed by atoms with Crippen LogP contribution in [0.15, 0.2) is 0 Å². The normalized spacial score (nSPS) is 12.6. The molecule has 1 atom stereocenters. The Labute approximate surface area is 78.1 Å². The summed E-state index contributed by atoms with van der Waals surface area (Å²) in [6.07, 6.45) is 1.89. The lowest BCUT2D eigenvalue weighted by atomic mass is 10.2. The Morgan fingerprint density at radius 2 is 2.33 bits per heavy atom. The van der Waals surface area contributed by atoms with Gasteiger partial charge in [0.1, 0.15) is 0 Å². The van der Waals surface area contributed by atoms with Gasteiger partial charge in [-0.3, -0.25) is 4.79 Å². The summed E-state index contributed by atoms with van der Waals surface area (Å²) in [4.78, 5) is 11.0. The minimum atomic E-state index is -0.104. The maximum absolute atomic E-state index is 11.0. The van der Waals surface area contributed by atoms with E-state index in [1.54, 1.807) is 0 Å². The van der Waals surface area contributed by atoms with Crippen LogP contribution in [-0.2, 0) is 4.79 Å². The van der Waals surface area contributed by atoms with E-state index >= 15 is 0 Å². The molecule has 0 saturated carbocycles. The quantitative estimate of drug-likeness (QED) is 0.616. The first-order valence-corrected chi connectivity index (χ1v) is 4.74. The highest BCUT2D eigenvalue weighted by Crippen LogP contribution is 1.94. The number of nitrogens with one attached hydrogen (secondary N) is 1. The minimum absolute atomic E-state index is 0.00309. The highest BCUT2D eigenvalue weighted by atomic mass is 35.5. The molecule has 0 heterocycles. The highest BCUT2D eigenvalue weighted by molar-refractivity contribution is 6.17. The van der Waals surface area contributed by atoms with Crippen molar-refractivity contribution in [2.45, 2.75) is 32.2 Å². The number of carbonyl (C=O) groups excluding carboxylic acids is 1. The summed E-state index contributed by atoms with van der Waals surface area (Å²) >= 11 is 5.42. The van der Waals surface area contributed by atoms with Gasteiger partial charge < -0.3 is 10.4 Å². The van der Waals surface area contributed by atoms with Crippen molar-refractivity contribution in [3.63, 3.8) is 0 Å². The van der Waals surface area contributed by atoms with Gasteiger partial charge in [-0.15, -0.1) is 11.6 Å². The lowest BCUT2D eigenvalue weighted by Crippen LogP contribution is -2.36. The van der Waals surface area contributed by atoms with Gasteiger partial charge in [-0.2, -0.15) is 0 Å². The second-order valence-corrected chi connectivity index (χ2v) is 3.03. The second kappa shape index (κ2) is 7.37. The molecule has 0 rings (SSSR count). The van der Waals surface area contributed by atoms with Crippen molar-refractivity contribution in [3.05, 3.63) is 0 Å². The van der Waals surface area contributed by atoms with Crippen LogP contribution in [0, 0.1) is 0 Å². The Kier molecular flexibility index (Phi) is 7.20. The summed E-state index contributed by atoms with van der Waals surface area (Å²) in [5.41, 5.74) is 0. The molecular weight excluding hydrogens is 178 g/mol. The molecule has 0 aliphatic rings. The number of hydrogen-bond acceptors (Lipinski definition) is 2. The predicted molar refractivity (Wildman–Crippen MR) is 49.3 cm³/mol. The van der Waals surface area contributed by atoms with E-state index < -0.39 is 0 Å². The van der Waals surface area contributed by atoms with Crippen LogP contribution in [0.25, 0.3) is 0 Å². The van der Waals surface area contributed by atoms with Crippen LogP contribution < -0.4 is 5.32 Å². The lowest BCUT2D eigenvalue weighted by Gasteiger charge is -2.13. The van der Waals surface area contributed by atoms with Crippen LogP contribution in [-0.4, -0.2) is 29.5 Å². The minimum Gasteiger partial charge on any atom is -0.394 e. The summed E-state index contributed by atoms with van der Waals surface area (Å²) < 4.78 is 0.